The Labute approximate surface area is 103 Å². The molecule has 0 unspecified atom stereocenters. The summed E-state index contributed by atoms with van der Waals surface area (Å²) in [7, 11) is 0. The molecule has 0 aliphatic rings. The lowest BCUT2D eigenvalue weighted by Crippen LogP contribution is -2.59. The van der Waals surface area contributed by atoms with E-state index in [0.29, 0.717) is 0 Å². The third kappa shape index (κ3) is 4.22. The first-order valence-electron chi connectivity index (χ1n) is 5.31. The average molecular weight is 266 g/mol. The molecule has 0 heterocycles. The fourth-order valence-corrected chi connectivity index (χ4v) is 1.56. The van der Waals surface area contributed by atoms with Crippen LogP contribution in [0.15, 0.2) is 0 Å². The normalized spacial score (nSPS) is 12.4. The average Bonchev–Trinajstić information content (AvgIpc) is 2.32. The monoisotopic (exact) mass is 266 g/mol. The largest absolute Gasteiger partial charge is 0.481 e. The van der Waals surface area contributed by atoms with Crippen molar-refractivity contribution in [3.8, 4) is 0 Å². The van der Waals surface area contributed by atoms with Crippen LogP contribution in [0.1, 0.15) is 25.7 Å². The maximum atomic E-state index is 10.5. The van der Waals surface area contributed by atoms with Crippen molar-refractivity contribution in [2.75, 3.05) is 13.2 Å². The summed E-state index contributed by atoms with van der Waals surface area (Å²) in [5, 5.41) is 55.0. The summed E-state index contributed by atoms with van der Waals surface area (Å²) >= 11 is 0. The maximum absolute atomic E-state index is 10.5. The second kappa shape index (κ2) is 6.64. The van der Waals surface area contributed by atoms with Gasteiger partial charge in [0.1, 0.15) is 5.60 Å². The van der Waals surface area contributed by atoms with E-state index >= 15 is 0 Å². The summed E-state index contributed by atoms with van der Waals surface area (Å²) in [5.41, 5.74) is -4.54. The Balaban J connectivity index is 4.99. The van der Waals surface area contributed by atoms with Crippen molar-refractivity contribution >= 4 is 11.9 Å². The number of aliphatic hydroxyl groups is 4. The molecule has 0 saturated carbocycles. The van der Waals surface area contributed by atoms with Crippen molar-refractivity contribution in [3.05, 3.63) is 0 Å². The number of aliphatic carboxylic acids is 2. The first-order valence-corrected chi connectivity index (χ1v) is 5.31. The van der Waals surface area contributed by atoms with E-state index in [1.54, 1.807) is 0 Å². The van der Waals surface area contributed by atoms with Crippen LogP contribution in [-0.4, -0.2) is 67.0 Å². The highest BCUT2D eigenvalue weighted by atomic mass is 16.4. The molecule has 106 valence electrons. The van der Waals surface area contributed by atoms with E-state index in [0.717, 1.165) is 0 Å². The van der Waals surface area contributed by atoms with Crippen LogP contribution in [0.4, 0.5) is 0 Å². The van der Waals surface area contributed by atoms with Crippen LogP contribution in [0.5, 0.6) is 0 Å². The van der Waals surface area contributed by atoms with Gasteiger partial charge in [-0.3, -0.25) is 9.59 Å². The maximum Gasteiger partial charge on any atom is 0.303 e. The number of rotatable bonds is 9. The molecule has 0 radical (unpaired) electrons. The van der Waals surface area contributed by atoms with Gasteiger partial charge in [0.15, 0.2) is 0 Å². The summed E-state index contributed by atoms with van der Waals surface area (Å²) in [4.78, 5) is 20.9. The predicted octanol–water partition coefficient (Wildman–Crippen LogP) is -1.84. The van der Waals surface area contributed by atoms with Crippen molar-refractivity contribution in [1.29, 1.82) is 0 Å². The molecular weight excluding hydrogens is 248 g/mol. The molecule has 0 rings (SSSR count). The highest BCUT2D eigenvalue weighted by Gasteiger charge is 2.48. The quantitative estimate of drug-likeness (QED) is 0.284. The third-order valence-electron chi connectivity index (χ3n) is 2.89. The molecule has 6 N–H and O–H groups in total. The molecule has 0 bridgehead atoms. The number of hydrogen-bond donors (Lipinski definition) is 6. The van der Waals surface area contributed by atoms with Crippen LogP contribution >= 0.6 is 0 Å². The van der Waals surface area contributed by atoms with Gasteiger partial charge in [-0.2, -0.15) is 0 Å². The van der Waals surface area contributed by atoms with Crippen LogP contribution in [0, 0.1) is 0 Å². The van der Waals surface area contributed by atoms with Crippen molar-refractivity contribution in [2.24, 2.45) is 0 Å². The molecule has 0 aromatic carbocycles. The Morgan fingerprint density at radius 3 is 1.33 bits per heavy atom. The summed E-state index contributed by atoms with van der Waals surface area (Å²) in [6, 6.07) is 0. The minimum Gasteiger partial charge on any atom is -0.481 e. The number of hydrogen-bond acceptors (Lipinski definition) is 6. The van der Waals surface area contributed by atoms with E-state index in [9.17, 15) is 19.8 Å². The van der Waals surface area contributed by atoms with Crippen LogP contribution < -0.4 is 0 Å². The van der Waals surface area contributed by atoms with Crippen LogP contribution in [0.2, 0.25) is 0 Å². The fraction of sp³-hybridized carbons (Fsp3) is 0.800. The van der Waals surface area contributed by atoms with Gasteiger partial charge in [0, 0.05) is 12.8 Å². The van der Waals surface area contributed by atoms with Gasteiger partial charge in [-0.05, 0) is 12.8 Å². The zero-order valence-corrected chi connectivity index (χ0v) is 9.74. The zero-order valence-electron chi connectivity index (χ0n) is 9.74. The van der Waals surface area contributed by atoms with Crippen LogP contribution in [0.25, 0.3) is 0 Å². The summed E-state index contributed by atoms with van der Waals surface area (Å²) in [6.45, 7) is -2.03. The van der Waals surface area contributed by atoms with E-state index in [1.165, 1.54) is 0 Å². The van der Waals surface area contributed by atoms with Gasteiger partial charge in [0.05, 0.1) is 18.8 Å². The summed E-state index contributed by atoms with van der Waals surface area (Å²) in [5.74, 6) is -2.50. The second-order valence-electron chi connectivity index (χ2n) is 4.17. The van der Waals surface area contributed by atoms with Crippen molar-refractivity contribution in [1.82, 2.24) is 0 Å². The Bertz CT molecular complexity index is 278. The zero-order chi connectivity index (χ0) is 14.4. The molecule has 0 atom stereocenters. The molecule has 0 aromatic heterocycles. The van der Waals surface area contributed by atoms with Gasteiger partial charge in [-0.1, -0.05) is 0 Å². The van der Waals surface area contributed by atoms with Crippen molar-refractivity contribution in [3.63, 3.8) is 0 Å². The molecule has 18 heavy (non-hydrogen) atoms. The van der Waals surface area contributed by atoms with Gasteiger partial charge in [-0.25, -0.2) is 0 Å². The SMILES string of the molecule is O=C(O)CCC(O)(CCC(=O)O)C(O)(CO)CO. The molecule has 0 fully saturated rings. The topological polar surface area (TPSA) is 156 Å². The van der Waals surface area contributed by atoms with E-state index in [1.807, 2.05) is 0 Å². The molecular formula is C10H18O8. The molecule has 0 aromatic rings. The summed E-state index contributed by atoms with van der Waals surface area (Å²) in [6.07, 6.45) is -2.02. The lowest BCUT2D eigenvalue weighted by molar-refractivity contribution is -0.199. The Morgan fingerprint density at radius 2 is 1.11 bits per heavy atom. The van der Waals surface area contributed by atoms with E-state index in [-0.39, 0.29) is 0 Å². The predicted molar refractivity (Wildman–Crippen MR) is 57.8 cm³/mol. The number of carbonyl (C=O) groups is 2. The second-order valence-corrected chi connectivity index (χ2v) is 4.17. The van der Waals surface area contributed by atoms with Gasteiger partial charge in [0.25, 0.3) is 0 Å². The molecule has 8 nitrogen and oxygen atoms in total. The van der Waals surface area contributed by atoms with Crippen molar-refractivity contribution in [2.45, 2.75) is 36.9 Å². The molecule has 0 spiro atoms. The highest BCUT2D eigenvalue weighted by Crippen LogP contribution is 2.31. The highest BCUT2D eigenvalue weighted by molar-refractivity contribution is 5.67. The molecule has 0 amide bonds. The van der Waals surface area contributed by atoms with Crippen LogP contribution in [-0.2, 0) is 9.59 Å². The minimum atomic E-state index is -2.35. The lowest BCUT2D eigenvalue weighted by Gasteiger charge is -2.41. The molecule has 8 heteroatoms. The summed E-state index contributed by atoms with van der Waals surface area (Å²) < 4.78 is 0. The van der Waals surface area contributed by atoms with Gasteiger partial charge < -0.3 is 30.6 Å². The molecule has 0 saturated heterocycles. The Kier molecular flexibility index (Phi) is 6.19. The molecule has 0 aliphatic carbocycles. The fourth-order valence-electron chi connectivity index (χ4n) is 1.56. The van der Waals surface area contributed by atoms with Gasteiger partial charge in [-0.15, -0.1) is 0 Å². The van der Waals surface area contributed by atoms with E-state index in [2.05, 4.69) is 0 Å². The first kappa shape index (κ1) is 16.8. The van der Waals surface area contributed by atoms with Crippen molar-refractivity contribution < 1.29 is 40.2 Å². The number of aliphatic hydroxyl groups excluding tert-OH is 2. The Hall–Kier alpha value is -1.22. The minimum absolute atomic E-state index is 0.479. The smallest absolute Gasteiger partial charge is 0.303 e. The molecule has 0 aliphatic heterocycles. The third-order valence-corrected chi connectivity index (χ3v) is 2.89. The standard InChI is InChI=1S/C10H18O8/c11-5-10(18,6-12)9(17,3-1-7(13)14)4-2-8(15)16/h11-12,17-18H,1-6H2,(H,13,14)(H,15,16). The number of carboxylic acid groups (broad SMARTS) is 2. The van der Waals surface area contributed by atoms with Crippen LogP contribution in [0.3, 0.4) is 0 Å². The number of carboxylic acids is 2. The lowest BCUT2D eigenvalue weighted by atomic mass is 9.77. The van der Waals surface area contributed by atoms with E-state index < -0.39 is 62.0 Å². The first-order chi connectivity index (χ1) is 8.20. The van der Waals surface area contributed by atoms with Gasteiger partial charge in [0.2, 0.25) is 0 Å². The van der Waals surface area contributed by atoms with Gasteiger partial charge >= 0.3 is 11.9 Å². The Morgan fingerprint density at radius 1 is 0.778 bits per heavy atom. The van der Waals surface area contributed by atoms with E-state index in [4.69, 9.17) is 20.4 Å².